The summed E-state index contributed by atoms with van der Waals surface area (Å²) in [5.41, 5.74) is 3.75. The SMILES string of the molecule is COc1c(C)cc(C)c(OC)c1-c1cccc2c1P(C)(=O)CO2. The van der Waals surface area contributed by atoms with Crippen molar-refractivity contribution in [3.63, 3.8) is 0 Å². The zero-order valence-corrected chi connectivity index (χ0v) is 15.0. The zero-order valence-electron chi connectivity index (χ0n) is 14.1. The molecule has 1 heterocycles. The molecule has 5 heteroatoms. The van der Waals surface area contributed by atoms with Gasteiger partial charge in [-0.2, -0.15) is 0 Å². The summed E-state index contributed by atoms with van der Waals surface area (Å²) >= 11 is 0. The molecule has 0 spiro atoms. The lowest BCUT2D eigenvalue weighted by molar-refractivity contribution is 0.392. The summed E-state index contributed by atoms with van der Waals surface area (Å²) in [5, 5.41) is 0.779. The first kappa shape index (κ1) is 15.9. The van der Waals surface area contributed by atoms with Crippen LogP contribution in [0.2, 0.25) is 0 Å². The monoisotopic (exact) mass is 332 g/mol. The molecule has 0 bridgehead atoms. The van der Waals surface area contributed by atoms with Crippen LogP contribution in [0.3, 0.4) is 0 Å². The molecule has 0 radical (unpaired) electrons. The molecule has 0 amide bonds. The summed E-state index contributed by atoms with van der Waals surface area (Å²) in [6, 6.07) is 7.77. The molecular weight excluding hydrogens is 311 g/mol. The van der Waals surface area contributed by atoms with Gasteiger partial charge in [0.1, 0.15) is 23.6 Å². The van der Waals surface area contributed by atoms with Crippen LogP contribution in [0.15, 0.2) is 24.3 Å². The van der Waals surface area contributed by atoms with Crippen LogP contribution in [0.5, 0.6) is 17.2 Å². The molecule has 1 aliphatic rings. The molecule has 2 aromatic carbocycles. The molecule has 1 unspecified atom stereocenters. The maximum atomic E-state index is 13.0. The van der Waals surface area contributed by atoms with Crippen molar-refractivity contribution in [1.82, 2.24) is 0 Å². The maximum absolute atomic E-state index is 13.0. The summed E-state index contributed by atoms with van der Waals surface area (Å²) in [4.78, 5) is 0. The molecule has 0 saturated carbocycles. The van der Waals surface area contributed by atoms with Gasteiger partial charge >= 0.3 is 0 Å². The third-order valence-electron chi connectivity index (χ3n) is 4.22. The molecule has 0 aromatic heterocycles. The number of ether oxygens (including phenoxy) is 3. The van der Waals surface area contributed by atoms with Crippen molar-refractivity contribution in [3.05, 3.63) is 35.4 Å². The van der Waals surface area contributed by atoms with Crippen LogP contribution in [0.25, 0.3) is 11.1 Å². The van der Waals surface area contributed by atoms with Gasteiger partial charge in [-0.25, -0.2) is 0 Å². The van der Waals surface area contributed by atoms with Gasteiger partial charge in [-0.15, -0.1) is 0 Å². The Bertz CT molecular complexity index is 798. The quantitative estimate of drug-likeness (QED) is 0.798. The summed E-state index contributed by atoms with van der Waals surface area (Å²) < 4.78 is 29.9. The normalized spacial score (nSPS) is 19.2. The van der Waals surface area contributed by atoms with E-state index in [1.54, 1.807) is 20.9 Å². The number of fused-ring (bicyclic) bond motifs is 1. The summed E-state index contributed by atoms with van der Waals surface area (Å²) in [7, 11) is 0.729. The molecule has 0 fully saturated rings. The van der Waals surface area contributed by atoms with Crippen molar-refractivity contribution < 1.29 is 18.8 Å². The molecule has 4 nitrogen and oxygen atoms in total. The Morgan fingerprint density at radius 3 is 2.26 bits per heavy atom. The van der Waals surface area contributed by atoms with Crippen LogP contribution in [-0.4, -0.2) is 27.2 Å². The fourth-order valence-electron chi connectivity index (χ4n) is 3.31. The first-order valence-electron chi connectivity index (χ1n) is 7.46. The van der Waals surface area contributed by atoms with Gasteiger partial charge in [0.2, 0.25) is 0 Å². The molecule has 1 atom stereocenters. The summed E-state index contributed by atoms with van der Waals surface area (Å²) in [6.45, 7) is 5.77. The summed E-state index contributed by atoms with van der Waals surface area (Å²) in [5.74, 6) is 2.18. The second-order valence-corrected chi connectivity index (χ2v) is 8.89. The lowest BCUT2D eigenvalue weighted by Gasteiger charge is -2.20. The molecule has 23 heavy (non-hydrogen) atoms. The molecular formula is C18H21O4P. The van der Waals surface area contributed by atoms with Crippen molar-refractivity contribution >= 4 is 12.4 Å². The minimum absolute atomic E-state index is 0.245. The molecule has 3 rings (SSSR count). The number of aryl methyl sites for hydroxylation is 2. The predicted molar refractivity (Wildman–Crippen MR) is 93.1 cm³/mol. The van der Waals surface area contributed by atoms with Gasteiger partial charge < -0.3 is 18.8 Å². The Morgan fingerprint density at radius 2 is 1.70 bits per heavy atom. The third kappa shape index (κ3) is 2.42. The van der Waals surface area contributed by atoms with E-state index in [9.17, 15) is 4.57 Å². The van der Waals surface area contributed by atoms with Gasteiger partial charge in [0.15, 0.2) is 7.14 Å². The number of hydrogen-bond acceptors (Lipinski definition) is 4. The van der Waals surface area contributed by atoms with Crippen molar-refractivity contribution in [2.24, 2.45) is 0 Å². The fraction of sp³-hybridized carbons (Fsp3) is 0.333. The topological polar surface area (TPSA) is 44.8 Å². The van der Waals surface area contributed by atoms with Crippen molar-refractivity contribution in [2.75, 3.05) is 27.2 Å². The lowest BCUT2D eigenvalue weighted by Crippen LogP contribution is -2.07. The Balaban J connectivity index is 2.42. The first-order chi connectivity index (χ1) is 10.9. The third-order valence-corrected chi connectivity index (χ3v) is 6.25. The number of methoxy groups -OCH3 is 2. The maximum Gasteiger partial charge on any atom is 0.152 e. The van der Waals surface area contributed by atoms with E-state index in [0.717, 1.165) is 39.1 Å². The van der Waals surface area contributed by atoms with Gasteiger partial charge in [-0.05, 0) is 43.8 Å². The Hall–Kier alpha value is -1.93. The zero-order chi connectivity index (χ0) is 16.8. The Morgan fingerprint density at radius 1 is 1.09 bits per heavy atom. The van der Waals surface area contributed by atoms with E-state index in [1.165, 1.54) is 0 Å². The molecule has 1 aliphatic heterocycles. The van der Waals surface area contributed by atoms with E-state index in [0.29, 0.717) is 5.75 Å². The average Bonchev–Trinajstić information content (AvgIpc) is 2.82. The van der Waals surface area contributed by atoms with Gasteiger partial charge in [-0.3, -0.25) is 0 Å². The average molecular weight is 332 g/mol. The first-order valence-corrected chi connectivity index (χ1v) is 9.80. The standard InChI is InChI=1S/C18H21O4P/c1-11-9-12(2)17(21-4)15(16(11)20-3)13-7-6-8-14-18(13)23(5,19)10-22-14/h6-9H,10H2,1-5H3. The Labute approximate surface area is 136 Å². The van der Waals surface area contributed by atoms with Gasteiger partial charge in [0.05, 0.1) is 25.1 Å². The molecule has 0 aliphatic carbocycles. The molecule has 122 valence electrons. The second-order valence-electron chi connectivity index (χ2n) is 5.98. The highest BCUT2D eigenvalue weighted by Crippen LogP contribution is 2.53. The van der Waals surface area contributed by atoms with E-state index in [2.05, 4.69) is 0 Å². The van der Waals surface area contributed by atoms with Crippen molar-refractivity contribution in [3.8, 4) is 28.4 Å². The van der Waals surface area contributed by atoms with Crippen LogP contribution < -0.4 is 19.5 Å². The smallest absolute Gasteiger partial charge is 0.152 e. The fourth-order valence-corrected chi connectivity index (χ4v) is 5.13. The lowest BCUT2D eigenvalue weighted by atomic mass is 9.97. The van der Waals surface area contributed by atoms with Crippen LogP contribution in [-0.2, 0) is 4.57 Å². The molecule has 0 N–H and O–H groups in total. The number of rotatable bonds is 3. The van der Waals surface area contributed by atoms with Gasteiger partial charge in [0, 0.05) is 5.56 Å². The minimum Gasteiger partial charge on any atom is -0.496 e. The summed E-state index contributed by atoms with van der Waals surface area (Å²) in [6.07, 6.45) is 0.245. The van der Waals surface area contributed by atoms with Gasteiger partial charge in [0.25, 0.3) is 0 Å². The van der Waals surface area contributed by atoms with Crippen LogP contribution in [0, 0.1) is 13.8 Å². The van der Waals surface area contributed by atoms with Crippen LogP contribution >= 0.6 is 7.14 Å². The van der Waals surface area contributed by atoms with E-state index < -0.39 is 7.14 Å². The minimum atomic E-state index is -2.56. The highest BCUT2D eigenvalue weighted by molar-refractivity contribution is 7.71. The predicted octanol–water partition coefficient (Wildman–Crippen LogP) is 3.96. The Kier molecular flexibility index (Phi) is 3.89. The highest BCUT2D eigenvalue weighted by Gasteiger charge is 2.35. The van der Waals surface area contributed by atoms with Gasteiger partial charge in [-0.1, -0.05) is 12.1 Å². The van der Waals surface area contributed by atoms with Crippen molar-refractivity contribution in [2.45, 2.75) is 13.8 Å². The largest absolute Gasteiger partial charge is 0.496 e. The number of hydrogen-bond donors (Lipinski definition) is 0. The van der Waals surface area contributed by atoms with Crippen LogP contribution in [0.1, 0.15) is 11.1 Å². The van der Waals surface area contributed by atoms with E-state index in [-0.39, 0.29) is 6.35 Å². The van der Waals surface area contributed by atoms with E-state index in [1.807, 2.05) is 38.1 Å². The van der Waals surface area contributed by atoms with Crippen molar-refractivity contribution in [1.29, 1.82) is 0 Å². The van der Waals surface area contributed by atoms with Crippen LogP contribution in [0.4, 0.5) is 0 Å². The second kappa shape index (κ2) is 5.61. The highest BCUT2D eigenvalue weighted by atomic mass is 31.2. The number of benzene rings is 2. The van der Waals surface area contributed by atoms with E-state index in [4.69, 9.17) is 14.2 Å². The molecule has 2 aromatic rings. The van der Waals surface area contributed by atoms with E-state index >= 15 is 0 Å². The molecule has 0 saturated heterocycles.